The van der Waals surface area contributed by atoms with E-state index in [2.05, 4.69) is 20.4 Å². The zero-order chi connectivity index (χ0) is 18.5. The van der Waals surface area contributed by atoms with E-state index in [1.54, 1.807) is 11.3 Å². The maximum absolute atomic E-state index is 6.05. The Bertz CT molecular complexity index is 758. The molecule has 0 bridgehead atoms. The molecule has 0 aromatic carbocycles. The maximum atomic E-state index is 6.05. The Balaban J connectivity index is 0.00000261. The van der Waals surface area contributed by atoms with Crippen LogP contribution in [-0.4, -0.2) is 51.9 Å². The fraction of sp³-hybridized carbons (Fsp3) is 0.588. The van der Waals surface area contributed by atoms with Crippen LogP contribution in [0.25, 0.3) is 0 Å². The first-order chi connectivity index (χ1) is 12.5. The molecule has 3 rings (SSSR count). The van der Waals surface area contributed by atoms with Crippen LogP contribution in [0, 0.1) is 6.92 Å². The van der Waals surface area contributed by atoms with E-state index in [-0.39, 0.29) is 30.1 Å². The molecule has 1 unspecified atom stereocenters. The van der Waals surface area contributed by atoms with Gasteiger partial charge in [0.05, 0.1) is 17.0 Å². The molecule has 1 saturated heterocycles. The Kier molecular flexibility index (Phi) is 8.77. The topological polar surface area (TPSA) is 67.6 Å². The van der Waals surface area contributed by atoms with E-state index < -0.39 is 0 Å². The zero-order valence-electron chi connectivity index (χ0n) is 15.8. The SMILES string of the molecule is Cc1nnc(CN=C(NCC2CCCO2)N(C)Cc2ccc(Cl)s2)n1C.I. The summed E-state index contributed by atoms with van der Waals surface area (Å²) in [4.78, 5) is 8.05. The largest absolute Gasteiger partial charge is 0.376 e. The minimum absolute atomic E-state index is 0. The van der Waals surface area contributed by atoms with Gasteiger partial charge in [-0.1, -0.05) is 11.6 Å². The van der Waals surface area contributed by atoms with E-state index in [0.29, 0.717) is 6.54 Å². The average molecular weight is 525 g/mol. The summed E-state index contributed by atoms with van der Waals surface area (Å²) in [6, 6.07) is 3.97. The second-order valence-corrected chi connectivity index (χ2v) is 8.24. The predicted octanol–water partition coefficient (Wildman–Crippen LogP) is 3.21. The monoisotopic (exact) mass is 524 g/mol. The molecule has 0 amide bonds. The van der Waals surface area contributed by atoms with E-state index in [0.717, 1.165) is 54.5 Å². The van der Waals surface area contributed by atoms with Gasteiger partial charge in [-0.25, -0.2) is 4.99 Å². The van der Waals surface area contributed by atoms with Crippen molar-refractivity contribution in [2.24, 2.45) is 12.0 Å². The summed E-state index contributed by atoms with van der Waals surface area (Å²) in [5.74, 6) is 2.54. The second-order valence-electron chi connectivity index (χ2n) is 6.44. The van der Waals surface area contributed by atoms with Crippen molar-refractivity contribution in [2.75, 3.05) is 20.2 Å². The third kappa shape index (κ3) is 6.30. The van der Waals surface area contributed by atoms with Gasteiger partial charge in [-0.15, -0.1) is 45.5 Å². The number of guanidine groups is 1. The van der Waals surface area contributed by atoms with Crippen LogP contribution in [0.5, 0.6) is 0 Å². The fourth-order valence-electron chi connectivity index (χ4n) is 2.80. The Morgan fingerprint density at radius 2 is 2.30 bits per heavy atom. The standard InChI is InChI=1S/C17H25ClN6OS.HI/c1-12-21-22-16(24(12)3)10-20-17(19-9-13-5-4-8-25-13)23(2)11-14-6-7-15(18)26-14;/h6-7,13H,4-5,8-11H2,1-3H3,(H,19,20);1H. The summed E-state index contributed by atoms with van der Waals surface area (Å²) < 4.78 is 8.47. The smallest absolute Gasteiger partial charge is 0.194 e. The first-order valence-electron chi connectivity index (χ1n) is 8.73. The number of aliphatic imine (C=N–C) groups is 1. The Labute approximate surface area is 186 Å². The number of aryl methyl sites for hydroxylation is 1. The highest BCUT2D eigenvalue weighted by Gasteiger charge is 2.17. The molecule has 1 aliphatic heterocycles. The lowest BCUT2D eigenvalue weighted by atomic mass is 10.2. The van der Waals surface area contributed by atoms with Gasteiger partial charge in [0.25, 0.3) is 0 Å². The summed E-state index contributed by atoms with van der Waals surface area (Å²) in [6.07, 6.45) is 2.47. The van der Waals surface area contributed by atoms with Gasteiger partial charge in [0.1, 0.15) is 12.4 Å². The van der Waals surface area contributed by atoms with Gasteiger partial charge in [0.15, 0.2) is 11.8 Å². The molecule has 1 fully saturated rings. The molecule has 0 radical (unpaired) electrons. The molecule has 27 heavy (non-hydrogen) atoms. The summed E-state index contributed by atoms with van der Waals surface area (Å²) in [7, 11) is 3.98. The lowest BCUT2D eigenvalue weighted by molar-refractivity contribution is 0.113. The van der Waals surface area contributed by atoms with Crippen molar-refractivity contribution in [1.82, 2.24) is 25.0 Å². The number of ether oxygens (including phenoxy) is 1. The van der Waals surface area contributed by atoms with Gasteiger partial charge in [-0.2, -0.15) is 0 Å². The highest BCUT2D eigenvalue weighted by atomic mass is 127. The maximum Gasteiger partial charge on any atom is 0.194 e. The lowest BCUT2D eigenvalue weighted by Crippen LogP contribution is -2.41. The molecule has 1 atom stereocenters. The highest BCUT2D eigenvalue weighted by molar-refractivity contribution is 14.0. The third-order valence-corrected chi connectivity index (χ3v) is 5.66. The first-order valence-corrected chi connectivity index (χ1v) is 9.92. The number of aromatic nitrogens is 3. The molecule has 2 aromatic rings. The normalized spacial score (nSPS) is 17.0. The molecule has 0 aliphatic carbocycles. The summed E-state index contributed by atoms with van der Waals surface area (Å²) in [6.45, 7) is 4.75. The Morgan fingerprint density at radius 3 is 2.89 bits per heavy atom. The van der Waals surface area contributed by atoms with Crippen LogP contribution in [0.3, 0.4) is 0 Å². The van der Waals surface area contributed by atoms with Crippen LogP contribution in [-0.2, 0) is 24.9 Å². The van der Waals surface area contributed by atoms with Crippen LogP contribution < -0.4 is 5.32 Å². The number of hydrogen-bond donors (Lipinski definition) is 1. The molecular weight excluding hydrogens is 499 g/mol. The van der Waals surface area contributed by atoms with Crippen LogP contribution >= 0.6 is 46.9 Å². The Hall–Kier alpha value is -0.910. The predicted molar refractivity (Wildman–Crippen MR) is 120 cm³/mol. The number of rotatable bonds is 6. The van der Waals surface area contributed by atoms with Crippen molar-refractivity contribution < 1.29 is 4.74 Å². The minimum Gasteiger partial charge on any atom is -0.376 e. The second kappa shape index (κ2) is 10.6. The van der Waals surface area contributed by atoms with Gasteiger partial charge in [0.2, 0.25) is 0 Å². The number of halogens is 2. The van der Waals surface area contributed by atoms with E-state index in [4.69, 9.17) is 21.3 Å². The highest BCUT2D eigenvalue weighted by Crippen LogP contribution is 2.22. The van der Waals surface area contributed by atoms with Crippen LogP contribution in [0.15, 0.2) is 17.1 Å². The third-order valence-electron chi connectivity index (χ3n) is 4.45. The molecule has 1 aliphatic rings. The van der Waals surface area contributed by atoms with Crippen LogP contribution in [0.2, 0.25) is 4.34 Å². The minimum atomic E-state index is 0. The van der Waals surface area contributed by atoms with E-state index >= 15 is 0 Å². The van der Waals surface area contributed by atoms with Crippen LogP contribution in [0.1, 0.15) is 29.4 Å². The van der Waals surface area contributed by atoms with E-state index in [1.807, 2.05) is 37.7 Å². The van der Waals surface area contributed by atoms with Crippen molar-refractivity contribution in [3.8, 4) is 0 Å². The number of hydrogen-bond acceptors (Lipinski definition) is 5. The summed E-state index contributed by atoms with van der Waals surface area (Å²) in [5, 5.41) is 11.7. The lowest BCUT2D eigenvalue weighted by Gasteiger charge is -2.23. The van der Waals surface area contributed by atoms with Gasteiger partial charge < -0.3 is 19.5 Å². The van der Waals surface area contributed by atoms with E-state index in [1.165, 1.54) is 4.88 Å². The molecule has 7 nitrogen and oxygen atoms in total. The molecule has 3 heterocycles. The fourth-order valence-corrected chi connectivity index (χ4v) is 3.94. The van der Waals surface area contributed by atoms with Crippen molar-refractivity contribution in [3.63, 3.8) is 0 Å². The average Bonchev–Trinajstić information content (AvgIpc) is 3.33. The van der Waals surface area contributed by atoms with Crippen molar-refractivity contribution >= 4 is 52.9 Å². The Morgan fingerprint density at radius 1 is 1.48 bits per heavy atom. The van der Waals surface area contributed by atoms with Gasteiger partial charge in [-0.3, -0.25) is 0 Å². The van der Waals surface area contributed by atoms with Gasteiger partial charge >= 0.3 is 0 Å². The number of nitrogens with zero attached hydrogens (tertiary/aromatic N) is 5. The zero-order valence-corrected chi connectivity index (χ0v) is 19.7. The van der Waals surface area contributed by atoms with E-state index in [9.17, 15) is 0 Å². The van der Waals surface area contributed by atoms with Crippen molar-refractivity contribution in [3.05, 3.63) is 33.0 Å². The number of thiophene rings is 1. The van der Waals surface area contributed by atoms with Gasteiger partial charge in [0, 0.05) is 32.1 Å². The summed E-state index contributed by atoms with van der Waals surface area (Å²) in [5.41, 5.74) is 0. The van der Waals surface area contributed by atoms with Crippen molar-refractivity contribution in [1.29, 1.82) is 0 Å². The van der Waals surface area contributed by atoms with Crippen LogP contribution in [0.4, 0.5) is 0 Å². The van der Waals surface area contributed by atoms with Gasteiger partial charge in [-0.05, 0) is 31.9 Å². The molecule has 0 saturated carbocycles. The quantitative estimate of drug-likeness (QED) is 0.357. The first kappa shape index (κ1) is 22.4. The molecule has 10 heteroatoms. The molecule has 2 aromatic heterocycles. The number of nitrogens with one attached hydrogen (secondary N) is 1. The summed E-state index contributed by atoms with van der Waals surface area (Å²) >= 11 is 7.64. The molecule has 0 spiro atoms. The molecule has 1 N–H and O–H groups in total. The molecular formula is C17H26ClIN6OS. The molecule has 150 valence electrons. The van der Waals surface area contributed by atoms with Crippen molar-refractivity contribution in [2.45, 2.75) is 39.0 Å².